The average molecular weight is 827 g/mol. The summed E-state index contributed by atoms with van der Waals surface area (Å²) in [7, 11) is 0. The molecular weight excluding hydrogens is 776 g/mol. The van der Waals surface area contributed by atoms with Crippen molar-refractivity contribution in [2.24, 2.45) is 0 Å². The Morgan fingerprint density at radius 1 is 0.800 bits per heavy atom. The molecule has 1 N–H and O–H groups in total. The highest BCUT2D eigenvalue weighted by Gasteiger charge is 2.44. The molecule has 13 heteroatoms. The molecule has 2 saturated heterocycles. The minimum atomic E-state index is -0.504. The third-order valence-corrected chi connectivity index (χ3v) is 8.67. The Morgan fingerprint density at radius 2 is 1.28 bits per heavy atom. The van der Waals surface area contributed by atoms with E-state index < -0.39 is 16.8 Å². The zero-order valence-corrected chi connectivity index (χ0v) is 32.4. The minimum absolute atomic E-state index is 0. The zero-order valence-electron chi connectivity index (χ0n) is 29.2. The van der Waals surface area contributed by atoms with E-state index >= 15 is 0 Å². The van der Waals surface area contributed by atoms with E-state index in [0.717, 1.165) is 8.95 Å². The number of piperidine rings is 2. The van der Waals surface area contributed by atoms with Crippen molar-refractivity contribution in [3.8, 4) is 11.5 Å². The maximum absolute atomic E-state index is 12.5. The fraction of sp³-hybridized carbons (Fsp3) is 0.541. The third-order valence-electron chi connectivity index (χ3n) is 7.69. The van der Waals surface area contributed by atoms with Gasteiger partial charge in [0.05, 0.1) is 17.5 Å². The van der Waals surface area contributed by atoms with Crippen LogP contribution in [-0.4, -0.2) is 87.4 Å². The van der Waals surface area contributed by atoms with E-state index in [1.807, 2.05) is 53.7 Å². The van der Waals surface area contributed by atoms with Gasteiger partial charge in [0, 0.05) is 60.8 Å². The van der Waals surface area contributed by atoms with Crippen molar-refractivity contribution in [2.75, 3.05) is 26.2 Å². The first kappa shape index (κ1) is 42.7. The molecule has 2 amide bonds. The van der Waals surface area contributed by atoms with Crippen LogP contribution in [0.3, 0.4) is 0 Å². The number of halogens is 2. The van der Waals surface area contributed by atoms with E-state index in [0.29, 0.717) is 75.2 Å². The van der Waals surface area contributed by atoms with E-state index in [1.165, 1.54) is 13.0 Å². The predicted octanol–water partition coefficient (Wildman–Crippen LogP) is 8.76. The highest BCUT2D eigenvalue weighted by Crippen LogP contribution is 2.40. The zero-order chi connectivity index (χ0) is 36.7. The SMILES string of the molecule is C.CC(=O)c1cc(Br)ccc1O.CC(C)(C)OC(=O)N1CCC(=O)CC1.CC(C)(C)OC(=O)N1CCC2(CC1)CC(=O)c1cc(Br)ccc1O2. The van der Waals surface area contributed by atoms with Gasteiger partial charge in [-0.2, -0.15) is 0 Å². The molecule has 5 rings (SSSR count). The first-order valence-corrected chi connectivity index (χ1v) is 17.7. The standard InChI is InChI=1S/C18H22BrNO4.C10H17NO3.C8H7BrO2.CH4/c1-17(2,3)24-16(22)20-8-6-18(7-9-20)11-14(21)13-10-12(19)4-5-15(13)23-18;1-10(2,3)14-9(13)11-6-4-8(12)5-7-11;1-5(10)7-4-6(9)2-3-8(7)11;/h4-5,10H,6-9,11H2,1-3H3;4-7H2,1-3H3;2-4,11H,1H3;1H4. The van der Waals surface area contributed by atoms with Crippen molar-refractivity contribution in [1.82, 2.24) is 9.80 Å². The van der Waals surface area contributed by atoms with Gasteiger partial charge in [-0.25, -0.2) is 9.59 Å². The summed E-state index contributed by atoms with van der Waals surface area (Å²) in [5.41, 5.74) is -0.492. The molecule has 0 unspecified atom stereocenters. The maximum Gasteiger partial charge on any atom is 0.410 e. The Morgan fingerprint density at radius 3 is 1.76 bits per heavy atom. The van der Waals surface area contributed by atoms with E-state index in [9.17, 15) is 24.0 Å². The predicted molar refractivity (Wildman–Crippen MR) is 198 cm³/mol. The Hall–Kier alpha value is -3.45. The highest BCUT2D eigenvalue weighted by atomic mass is 79.9. The lowest BCUT2D eigenvalue weighted by atomic mass is 9.82. The number of hydrogen-bond donors (Lipinski definition) is 1. The van der Waals surface area contributed by atoms with Crippen LogP contribution < -0.4 is 4.74 Å². The Balaban J connectivity index is 0.000000284. The van der Waals surface area contributed by atoms with E-state index in [4.69, 9.17) is 19.3 Å². The number of phenolic OH excluding ortho intramolecular Hbond substituents is 1. The smallest absolute Gasteiger partial charge is 0.410 e. The number of likely N-dealkylation sites (tertiary alicyclic amines) is 2. The van der Waals surface area contributed by atoms with Crippen molar-refractivity contribution < 1.29 is 43.3 Å². The van der Waals surface area contributed by atoms with Crippen molar-refractivity contribution in [3.63, 3.8) is 0 Å². The van der Waals surface area contributed by atoms with Crippen molar-refractivity contribution in [3.05, 3.63) is 56.5 Å². The number of rotatable bonds is 1. The second kappa shape index (κ2) is 17.7. The number of benzene rings is 2. The van der Waals surface area contributed by atoms with Gasteiger partial charge in [-0.15, -0.1) is 0 Å². The molecular formula is C37H50Br2N2O9. The number of carbonyl (C=O) groups is 5. The van der Waals surface area contributed by atoms with Crippen LogP contribution in [0.4, 0.5) is 9.59 Å². The Bertz CT molecular complexity index is 1540. The number of Topliss-reactive ketones (excluding diaryl/α,β-unsaturated/α-hetero) is 3. The summed E-state index contributed by atoms with van der Waals surface area (Å²) in [6.07, 6.45) is 1.92. The molecule has 2 fully saturated rings. The fourth-order valence-corrected chi connectivity index (χ4v) is 5.95. The van der Waals surface area contributed by atoms with Crippen LogP contribution in [-0.2, 0) is 14.3 Å². The first-order valence-electron chi connectivity index (χ1n) is 16.2. The van der Waals surface area contributed by atoms with Crippen LogP contribution in [0.2, 0.25) is 0 Å². The molecule has 3 aliphatic rings. The molecule has 3 aliphatic heterocycles. The second-order valence-electron chi connectivity index (χ2n) is 14.2. The van der Waals surface area contributed by atoms with E-state index in [-0.39, 0.29) is 42.7 Å². The quantitative estimate of drug-likeness (QED) is 0.280. The van der Waals surface area contributed by atoms with Crippen molar-refractivity contribution in [2.45, 2.75) is 105 Å². The summed E-state index contributed by atoms with van der Waals surface area (Å²) >= 11 is 6.59. The first-order chi connectivity index (χ1) is 22.7. The van der Waals surface area contributed by atoms with E-state index in [1.54, 1.807) is 28.0 Å². The number of carbonyl (C=O) groups excluding carboxylic acids is 5. The summed E-state index contributed by atoms with van der Waals surface area (Å²) in [6, 6.07) is 10.3. The molecule has 0 saturated carbocycles. The number of hydrogen-bond acceptors (Lipinski definition) is 9. The van der Waals surface area contributed by atoms with Gasteiger partial charge in [0.1, 0.15) is 34.1 Å². The second-order valence-corrected chi connectivity index (χ2v) is 16.0. The topological polar surface area (TPSA) is 140 Å². The van der Waals surface area contributed by atoms with Gasteiger partial charge in [-0.3, -0.25) is 14.4 Å². The summed E-state index contributed by atoms with van der Waals surface area (Å²) in [5, 5.41) is 9.16. The molecule has 0 aliphatic carbocycles. The Labute approximate surface area is 312 Å². The molecule has 276 valence electrons. The number of nitrogens with zero attached hydrogens (tertiary/aromatic N) is 2. The van der Waals surface area contributed by atoms with Gasteiger partial charge >= 0.3 is 12.2 Å². The van der Waals surface area contributed by atoms with Crippen molar-refractivity contribution >= 4 is 61.4 Å². The van der Waals surface area contributed by atoms with Crippen LogP contribution in [0.15, 0.2) is 45.3 Å². The van der Waals surface area contributed by atoms with Gasteiger partial charge in [0.15, 0.2) is 11.6 Å². The van der Waals surface area contributed by atoms with Gasteiger partial charge < -0.3 is 29.1 Å². The average Bonchev–Trinajstić information content (AvgIpc) is 2.98. The van der Waals surface area contributed by atoms with Crippen molar-refractivity contribution in [1.29, 1.82) is 0 Å². The molecule has 3 heterocycles. The minimum Gasteiger partial charge on any atom is -0.507 e. The number of aromatic hydroxyl groups is 1. The fourth-order valence-electron chi connectivity index (χ4n) is 5.22. The summed E-state index contributed by atoms with van der Waals surface area (Å²) < 4.78 is 18.5. The molecule has 0 aromatic heterocycles. The van der Waals surface area contributed by atoms with Crippen LogP contribution in [0.5, 0.6) is 11.5 Å². The van der Waals surface area contributed by atoms with Crippen LogP contribution in [0.25, 0.3) is 0 Å². The largest absolute Gasteiger partial charge is 0.507 e. The summed E-state index contributed by atoms with van der Waals surface area (Å²) in [6.45, 7) is 14.5. The number of fused-ring (bicyclic) bond motifs is 1. The van der Waals surface area contributed by atoms with Gasteiger partial charge in [-0.1, -0.05) is 39.3 Å². The lowest BCUT2D eigenvalue weighted by Crippen LogP contribution is -2.52. The van der Waals surface area contributed by atoms with Gasteiger partial charge in [-0.05, 0) is 84.9 Å². The normalized spacial score (nSPS) is 16.7. The number of phenols is 1. The molecule has 0 radical (unpaired) electrons. The molecule has 1 spiro atoms. The van der Waals surface area contributed by atoms with Gasteiger partial charge in [0.2, 0.25) is 0 Å². The Kier molecular flexibility index (Phi) is 15.1. The molecule has 2 aromatic carbocycles. The van der Waals surface area contributed by atoms with Gasteiger partial charge in [0.25, 0.3) is 0 Å². The maximum atomic E-state index is 12.5. The monoisotopic (exact) mass is 824 g/mol. The molecule has 11 nitrogen and oxygen atoms in total. The third kappa shape index (κ3) is 13.0. The number of ether oxygens (including phenoxy) is 3. The molecule has 0 atom stereocenters. The van der Waals surface area contributed by atoms with Crippen LogP contribution in [0, 0.1) is 0 Å². The highest BCUT2D eigenvalue weighted by molar-refractivity contribution is 9.10. The lowest BCUT2D eigenvalue weighted by molar-refractivity contribution is -0.121. The number of amides is 2. The summed E-state index contributed by atoms with van der Waals surface area (Å²) in [4.78, 5) is 61.3. The molecule has 2 aromatic rings. The molecule has 50 heavy (non-hydrogen) atoms. The van der Waals surface area contributed by atoms with Crippen LogP contribution in [0.1, 0.15) is 109 Å². The molecule has 0 bridgehead atoms. The summed E-state index contributed by atoms with van der Waals surface area (Å²) in [5.74, 6) is 0.859. The van der Waals surface area contributed by atoms with Crippen LogP contribution >= 0.6 is 31.9 Å². The number of ketones is 3. The lowest BCUT2D eigenvalue weighted by Gasteiger charge is -2.44. The van der Waals surface area contributed by atoms with E-state index in [2.05, 4.69) is 31.9 Å².